The van der Waals surface area contributed by atoms with Crippen molar-refractivity contribution in [3.05, 3.63) is 0 Å². The number of likely N-dealkylation sites (N-methyl/N-ethyl adjacent to an activating group) is 2. The van der Waals surface area contributed by atoms with E-state index in [-0.39, 0.29) is 24.7 Å². The molecule has 1 saturated heterocycles. The van der Waals surface area contributed by atoms with Gasteiger partial charge >= 0.3 is 5.97 Å². The number of carbonyl (C=O) groups excluding carboxylic acids is 2. The average Bonchev–Trinajstić information content (AvgIpc) is 2.72. The molecule has 1 aliphatic heterocycles. The Labute approximate surface area is 109 Å². The minimum Gasteiger partial charge on any atom is -0.466 e. The van der Waals surface area contributed by atoms with Crippen LogP contribution >= 0.6 is 0 Å². The van der Waals surface area contributed by atoms with Crippen LogP contribution in [0.25, 0.3) is 0 Å². The number of esters is 1. The summed E-state index contributed by atoms with van der Waals surface area (Å²) in [5.74, 6) is -0.277. The standard InChI is InChI=1S/C13H24N2O3/c1-4-18-13(17)8-7-12(16)15(3)10-11-6-5-9-14(11)2/h11H,4-10H2,1-3H3. The van der Waals surface area contributed by atoms with Gasteiger partial charge in [-0.2, -0.15) is 0 Å². The van der Waals surface area contributed by atoms with Crippen molar-refractivity contribution in [3.8, 4) is 0 Å². The van der Waals surface area contributed by atoms with Gasteiger partial charge in [-0.15, -0.1) is 0 Å². The largest absolute Gasteiger partial charge is 0.466 e. The molecule has 104 valence electrons. The van der Waals surface area contributed by atoms with Crippen molar-refractivity contribution >= 4 is 11.9 Å². The quantitative estimate of drug-likeness (QED) is 0.662. The van der Waals surface area contributed by atoms with Gasteiger partial charge in [0.25, 0.3) is 0 Å². The number of carbonyl (C=O) groups is 2. The van der Waals surface area contributed by atoms with Crippen molar-refractivity contribution < 1.29 is 14.3 Å². The average molecular weight is 256 g/mol. The number of ether oxygens (including phenoxy) is 1. The highest BCUT2D eigenvalue weighted by atomic mass is 16.5. The lowest BCUT2D eigenvalue weighted by molar-refractivity contribution is -0.145. The predicted octanol–water partition coefficient (Wildman–Crippen LogP) is 0.882. The lowest BCUT2D eigenvalue weighted by Crippen LogP contribution is -2.39. The Hall–Kier alpha value is -1.10. The van der Waals surface area contributed by atoms with Gasteiger partial charge in [-0.3, -0.25) is 9.59 Å². The zero-order valence-corrected chi connectivity index (χ0v) is 11.6. The summed E-state index contributed by atoms with van der Waals surface area (Å²) in [6.45, 7) is 3.99. The first-order valence-corrected chi connectivity index (χ1v) is 6.64. The molecule has 1 aliphatic rings. The van der Waals surface area contributed by atoms with Crippen LogP contribution in [0.15, 0.2) is 0 Å². The van der Waals surface area contributed by atoms with Crippen LogP contribution in [0.1, 0.15) is 32.6 Å². The lowest BCUT2D eigenvalue weighted by atomic mass is 10.2. The summed E-state index contributed by atoms with van der Waals surface area (Å²) in [5.41, 5.74) is 0. The molecule has 1 amide bonds. The second kappa shape index (κ2) is 7.36. The summed E-state index contributed by atoms with van der Waals surface area (Å²) in [6.07, 6.45) is 2.77. The van der Waals surface area contributed by atoms with Crippen molar-refractivity contribution in [1.82, 2.24) is 9.80 Å². The van der Waals surface area contributed by atoms with Crippen LogP contribution in [0, 0.1) is 0 Å². The lowest BCUT2D eigenvalue weighted by Gasteiger charge is -2.25. The van der Waals surface area contributed by atoms with Crippen molar-refractivity contribution in [2.75, 3.05) is 33.8 Å². The minimum absolute atomic E-state index is 0.0170. The van der Waals surface area contributed by atoms with E-state index in [0.717, 1.165) is 19.5 Å². The van der Waals surface area contributed by atoms with E-state index in [4.69, 9.17) is 4.74 Å². The molecule has 0 aromatic rings. The van der Waals surface area contributed by atoms with Crippen molar-refractivity contribution in [1.29, 1.82) is 0 Å². The molecule has 1 fully saturated rings. The van der Waals surface area contributed by atoms with E-state index in [1.807, 2.05) is 0 Å². The van der Waals surface area contributed by atoms with Crippen LogP contribution in [0.2, 0.25) is 0 Å². The van der Waals surface area contributed by atoms with Crippen molar-refractivity contribution in [2.24, 2.45) is 0 Å². The molecule has 0 spiro atoms. The second-order valence-corrected chi connectivity index (χ2v) is 4.86. The van der Waals surface area contributed by atoms with Gasteiger partial charge in [-0.05, 0) is 33.4 Å². The van der Waals surface area contributed by atoms with Gasteiger partial charge < -0.3 is 14.5 Å². The zero-order valence-electron chi connectivity index (χ0n) is 11.6. The summed E-state index contributed by atoms with van der Waals surface area (Å²) in [6, 6.07) is 0.460. The van der Waals surface area contributed by atoms with Crippen molar-refractivity contribution in [3.63, 3.8) is 0 Å². The molecule has 0 bridgehead atoms. The Morgan fingerprint density at radius 2 is 2.11 bits per heavy atom. The summed E-state index contributed by atoms with van der Waals surface area (Å²) in [5, 5.41) is 0. The third kappa shape index (κ3) is 4.64. The fourth-order valence-electron chi connectivity index (χ4n) is 2.26. The smallest absolute Gasteiger partial charge is 0.306 e. The first-order chi connectivity index (χ1) is 8.54. The normalized spacial score (nSPS) is 19.8. The van der Waals surface area contributed by atoms with Crippen LogP contribution in [0.3, 0.4) is 0 Å². The Kier molecular flexibility index (Phi) is 6.12. The summed E-state index contributed by atoms with van der Waals surface area (Å²) < 4.78 is 4.80. The second-order valence-electron chi connectivity index (χ2n) is 4.86. The van der Waals surface area contributed by atoms with E-state index in [1.165, 1.54) is 6.42 Å². The van der Waals surface area contributed by atoms with Gasteiger partial charge in [-0.1, -0.05) is 0 Å². The van der Waals surface area contributed by atoms with E-state index in [0.29, 0.717) is 12.6 Å². The molecule has 18 heavy (non-hydrogen) atoms. The van der Waals surface area contributed by atoms with Crippen molar-refractivity contribution in [2.45, 2.75) is 38.6 Å². The SMILES string of the molecule is CCOC(=O)CCC(=O)N(C)CC1CCCN1C. The number of hydrogen-bond acceptors (Lipinski definition) is 4. The summed E-state index contributed by atoms with van der Waals surface area (Å²) in [7, 11) is 3.90. The first-order valence-electron chi connectivity index (χ1n) is 6.64. The molecular weight excluding hydrogens is 232 g/mol. The number of hydrogen-bond donors (Lipinski definition) is 0. The molecule has 1 heterocycles. The molecule has 0 aromatic heterocycles. The molecule has 5 heteroatoms. The topological polar surface area (TPSA) is 49.9 Å². The van der Waals surface area contributed by atoms with E-state index in [9.17, 15) is 9.59 Å². The van der Waals surface area contributed by atoms with Crippen LogP contribution in [0.5, 0.6) is 0 Å². The Balaban J connectivity index is 2.26. The summed E-state index contributed by atoms with van der Waals surface area (Å²) in [4.78, 5) is 27.0. The number of rotatable bonds is 6. The molecule has 0 saturated carbocycles. The minimum atomic E-state index is -0.294. The Bertz CT molecular complexity index is 294. The van der Waals surface area contributed by atoms with Gasteiger partial charge in [0, 0.05) is 26.1 Å². The Morgan fingerprint density at radius 3 is 2.67 bits per heavy atom. The molecule has 0 N–H and O–H groups in total. The van der Waals surface area contributed by atoms with E-state index >= 15 is 0 Å². The maximum Gasteiger partial charge on any atom is 0.306 e. The van der Waals surface area contributed by atoms with Gasteiger partial charge in [0.15, 0.2) is 0 Å². The van der Waals surface area contributed by atoms with Gasteiger partial charge in [0.2, 0.25) is 5.91 Å². The third-order valence-electron chi connectivity index (χ3n) is 3.43. The fraction of sp³-hybridized carbons (Fsp3) is 0.846. The number of amides is 1. The molecule has 5 nitrogen and oxygen atoms in total. The monoisotopic (exact) mass is 256 g/mol. The van der Waals surface area contributed by atoms with E-state index in [2.05, 4.69) is 11.9 Å². The number of likely N-dealkylation sites (tertiary alicyclic amines) is 1. The highest BCUT2D eigenvalue weighted by Crippen LogP contribution is 2.15. The van der Waals surface area contributed by atoms with Crippen LogP contribution in [0.4, 0.5) is 0 Å². The summed E-state index contributed by atoms with van der Waals surface area (Å²) >= 11 is 0. The molecule has 0 radical (unpaired) electrons. The van der Waals surface area contributed by atoms with Crippen LogP contribution in [-0.4, -0.2) is 61.5 Å². The fourth-order valence-corrected chi connectivity index (χ4v) is 2.26. The number of nitrogens with zero attached hydrogens (tertiary/aromatic N) is 2. The third-order valence-corrected chi connectivity index (χ3v) is 3.43. The van der Waals surface area contributed by atoms with Crippen LogP contribution in [-0.2, 0) is 14.3 Å². The highest BCUT2D eigenvalue weighted by molar-refractivity contribution is 5.81. The predicted molar refractivity (Wildman–Crippen MR) is 69.2 cm³/mol. The first kappa shape index (κ1) is 15.0. The van der Waals surface area contributed by atoms with E-state index in [1.54, 1.807) is 18.9 Å². The van der Waals surface area contributed by atoms with Gasteiger partial charge in [0.1, 0.15) is 0 Å². The van der Waals surface area contributed by atoms with E-state index < -0.39 is 0 Å². The highest BCUT2D eigenvalue weighted by Gasteiger charge is 2.23. The molecule has 0 aliphatic carbocycles. The zero-order chi connectivity index (χ0) is 13.5. The molecule has 0 aromatic carbocycles. The van der Waals surface area contributed by atoms with Gasteiger partial charge in [0.05, 0.1) is 13.0 Å². The van der Waals surface area contributed by atoms with Gasteiger partial charge in [-0.25, -0.2) is 0 Å². The molecular formula is C13H24N2O3. The molecule has 1 unspecified atom stereocenters. The molecule has 1 rings (SSSR count). The molecule has 1 atom stereocenters. The Morgan fingerprint density at radius 1 is 1.39 bits per heavy atom. The maximum absolute atomic E-state index is 11.8. The maximum atomic E-state index is 11.8. The van der Waals surface area contributed by atoms with Crippen LogP contribution < -0.4 is 0 Å².